The van der Waals surface area contributed by atoms with Crippen molar-refractivity contribution in [2.45, 2.75) is 63.9 Å². The predicted octanol–water partition coefficient (Wildman–Crippen LogP) is 3.30. The average molecular weight is 310 g/mol. The Morgan fingerprint density at radius 1 is 1.10 bits per heavy atom. The van der Waals surface area contributed by atoms with Crippen LogP contribution in [0.3, 0.4) is 0 Å². The van der Waals surface area contributed by atoms with E-state index in [-0.39, 0.29) is 12.1 Å². The Labute approximate surface area is 128 Å². The molecule has 2 rings (SSSR count). The molecule has 0 aromatic heterocycles. The first kappa shape index (κ1) is 16.3. The first-order chi connectivity index (χ1) is 9.78. The molecule has 0 radical (unpaired) electrons. The number of rotatable bonds is 3. The third-order valence-electron chi connectivity index (χ3n) is 4.40. The van der Waals surface area contributed by atoms with Crippen molar-refractivity contribution in [3.05, 3.63) is 23.3 Å². The molecule has 0 spiro atoms. The highest BCUT2D eigenvalue weighted by molar-refractivity contribution is 7.89. The number of anilines is 1. The van der Waals surface area contributed by atoms with Crippen LogP contribution in [0.1, 0.15) is 44.2 Å². The molecule has 5 heteroatoms. The number of aryl methyl sites for hydroxylation is 2. The maximum absolute atomic E-state index is 13.2. The zero-order valence-corrected chi connectivity index (χ0v) is 14.4. The van der Waals surface area contributed by atoms with E-state index in [9.17, 15) is 8.42 Å². The monoisotopic (exact) mass is 310 g/mol. The summed E-state index contributed by atoms with van der Waals surface area (Å²) in [5, 5.41) is 3.08. The van der Waals surface area contributed by atoms with Crippen molar-refractivity contribution in [2.24, 2.45) is 0 Å². The number of piperidine rings is 1. The molecule has 1 fully saturated rings. The Morgan fingerprint density at radius 3 is 2.00 bits per heavy atom. The third-order valence-corrected chi connectivity index (χ3v) is 6.83. The normalized spacial score (nSPS) is 24.0. The van der Waals surface area contributed by atoms with Crippen LogP contribution in [-0.4, -0.2) is 31.9 Å². The molecule has 1 aromatic rings. The van der Waals surface area contributed by atoms with Gasteiger partial charge in [-0.15, -0.1) is 0 Å². The quantitative estimate of drug-likeness (QED) is 0.932. The summed E-state index contributed by atoms with van der Waals surface area (Å²) in [4.78, 5) is 0.474. The molecule has 1 aliphatic heterocycles. The molecule has 1 saturated heterocycles. The van der Waals surface area contributed by atoms with E-state index in [2.05, 4.69) is 5.32 Å². The molecule has 118 valence electrons. The zero-order chi connectivity index (χ0) is 15.8. The number of hydrogen-bond acceptors (Lipinski definition) is 3. The van der Waals surface area contributed by atoms with Gasteiger partial charge in [-0.05, 0) is 63.8 Å². The van der Waals surface area contributed by atoms with Crippen molar-refractivity contribution in [1.82, 2.24) is 4.31 Å². The molecule has 2 atom stereocenters. The van der Waals surface area contributed by atoms with Crippen LogP contribution < -0.4 is 5.32 Å². The number of nitrogens with one attached hydrogen (secondary N) is 1. The van der Waals surface area contributed by atoms with Crippen LogP contribution >= 0.6 is 0 Å². The first-order valence-corrected chi connectivity index (χ1v) is 9.05. The topological polar surface area (TPSA) is 49.4 Å². The van der Waals surface area contributed by atoms with Gasteiger partial charge in [-0.25, -0.2) is 8.42 Å². The molecule has 1 N–H and O–H groups in total. The highest BCUT2D eigenvalue weighted by Gasteiger charge is 2.37. The third kappa shape index (κ3) is 2.94. The summed E-state index contributed by atoms with van der Waals surface area (Å²) in [6.07, 6.45) is 2.98. The second-order valence-electron chi connectivity index (χ2n) is 6.15. The fraction of sp³-hybridized carbons (Fsp3) is 0.625. The summed E-state index contributed by atoms with van der Waals surface area (Å²) in [5.74, 6) is 0. The maximum atomic E-state index is 13.2. The van der Waals surface area contributed by atoms with Gasteiger partial charge in [-0.1, -0.05) is 6.42 Å². The molecule has 0 aliphatic carbocycles. The molecule has 0 bridgehead atoms. The molecule has 1 heterocycles. The van der Waals surface area contributed by atoms with E-state index in [1.165, 1.54) is 0 Å². The van der Waals surface area contributed by atoms with Crippen LogP contribution in [0.5, 0.6) is 0 Å². The highest BCUT2D eigenvalue weighted by Crippen LogP contribution is 2.33. The number of hydrogen-bond donors (Lipinski definition) is 1. The van der Waals surface area contributed by atoms with Gasteiger partial charge in [-0.3, -0.25) is 0 Å². The van der Waals surface area contributed by atoms with E-state index >= 15 is 0 Å². The smallest absolute Gasteiger partial charge is 0.244 e. The van der Waals surface area contributed by atoms with Crippen LogP contribution in [0.15, 0.2) is 17.0 Å². The molecular formula is C16H26N2O2S. The van der Waals surface area contributed by atoms with Gasteiger partial charge in [0.25, 0.3) is 0 Å². The molecule has 2 unspecified atom stereocenters. The van der Waals surface area contributed by atoms with Crippen molar-refractivity contribution in [3.63, 3.8) is 0 Å². The lowest BCUT2D eigenvalue weighted by atomic mass is 10.0. The Hall–Kier alpha value is -1.07. The number of benzene rings is 1. The summed E-state index contributed by atoms with van der Waals surface area (Å²) in [6.45, 7) is 7.78. The average Bonchev–Trinajstić information content (AvgIpc) is 2.36. The molecule has 1 aromatic carbocycles. The van der Waals surface area contributed by atoms with Crippen LogP contribution in [0.25, 0.3) is 0 Å². The summed E-state index contributed by atoms with van der Waals surface area (Å²) in [6, 6.07) is 3.95. The van der Waals surface area contributed by atoms with Gasteiger partial charge in [-0.2, -0.15) is 4.31 Å². The minimum atomic E-state index is -3.44. The lowest BCUT2D eigenvalue weighted by molar-refractivity contribution is 0.204. The number of sulfonamides is 1. The van der Waals surface area contributed by atoms with Gasteiger partial charge >= 0.3 is 0 Å². The summed E-state index contributed by atoms with van der Waals surface area (Å²) >= 11 is 0. The molecule has 1 aliphatic rings. The predicted molar refractivity (Wildman–Crippen MR) is 87.3 cm³/mol. The Kier molecular flexibility index (Phi) is 4.63. The van der Waals surface area contributed by atoms with Crippen LogP contribution in [0.2, 0.25) is 0 Å². The molecule has 4 nitrogen and oxygen atoms in total. The van der Waals surface area contributed by atoms with E-state index in [1.807, 2.05) is 46.9 Å². The van der Waals surface area contributed by atoms with Crippen molar-refractivity contribution in [2.75, 3.05) is 12.4 Å². The second-order valence-corrected chi connectivity index (χ2v) is 7.93. The van der Waals surface area contributed by atoms with Gasteiger partial charge in [0.05, 0.1) is 4.90 Å². The summed E-state index contributed by atoms with van der Waals surface area (Å²) in [5.41, 5.74) is 2.57. The van der Waals surface area contributed by atoms with E-state index < -0.39 is 10.0 Å². The Balaban J connectivity index is 2.54. The van der Waals surface area contributed by atoms with Gasteiger partial charge in [0.2, 0.25) is 10.0 Å². The first-order valence-electron chi connectivity index (χ1n) is 7.61. The van der Waals surface area contributed by atoms with Crippen molar-refractivity contribution >= 4 is 15.7 Å². The van der Waals surface area contributed by atoms with E-state index in [1.54, 1.807) is 4.31 Å². The SMILES string of the molecule is CNc1cc(C)c(S(=O)(=O)N2C(C)CCCC2C)c(C)c1. The molecular weight excluding hydrogens is 284 g/mol. The lowest BCUT2D eigenvalue weighted by Gasteiger charge is -2.38. The fourth-order valence-corrected chi connectivity index (χ4v) is 5.78. The minimum absolute atomic E-state index is 0.0709. The Morgan fingerprint density at radius 2 is 1.57 bits per heavy atom. The largest absolute Gasteiger partial charge is 0.388 e. The van der Waals surface area contributed by atoms with E-state index in [0.717, 1.165) is 36.1 Å². The van der Waals surface area contributed by atoms with Gasteiger partial charge in [0.1, 0.15) is 0 Å². The van der Waals surface area contributed by atoms with Gasteiger partial charge in [0, 0.05) is 24.8 Å². The fourth-order valence-electron chi connectivity index (χ4n) is 3.48. The molecule has 0 saturated carbocycles. The van der Waals surface area contributed by atoms with Crippen LogP contribution in [0.4, 0.5) is 5.69 Å². The van der Waals surface area contributed by atoms with Gasteiger partial charge < -0.3 is 5.32 Å². The minimum Gasteiger partial charge on any atom is -0.388 e. The summed E-state index contributed by atoms with van der Waals surface area (Å²) in [7, 11) is -1.60. The second kappa shape index (κ2) is 5.97. The van der Waals surface area contributed by atoms with Crippen molar-refractivity contribution < 1.29 is 8.42 Å². The zero-order valence-electron chi connectivity index (χ0n) is 13.6. The lowest BCUT2D eigenvalue weighted by Crippen LogP contribution is -2.47. The summed E-state index contributed by atoms with van der Waals surface area (Å²) < 4.78 is 28.0. The van der Waals surface area contributed by atoms with Crippen molar-refractivity contribution in [1.29, 1.82) is 0 Å². The van der Waals surface area contributed by atoms with Gasteiger partial charge in [0.15, 0.2) is 0 Å². The molecule has 0 amide bonds. The highest BCUT2D eigenvalue weighted by atomic mass is 32.2. The van der Waals surface area contributed by atoms with Crippen molar-refractivity contribution in [3.8, 4) is 0 Å². The van der Waals surface area contributed by atoms with E-state index in [0.29, 0.717) is 4.90 Å². The maximum Gasteiger partial charge on any atom is 0.244 e. The van der Waals surface area contributed by atoms with E-state index in [4.69, 9.17) is 0 Å². The number of nitrogens with zero attached hydrogens (tertiary/aromatic N) is 1. The standard InChI is InChI=1S/C16H26N2O2S/c1-11-9-15(17-5)10-12(2)16(11)21(19,20)18-13(3)7-6-8-14(18)4/h9-10,13-14,17H,6-8H2,1-5H3. The Bertz CT molecular complexity index is 592. The molecule has 21 heavy (non-hydrogen) atoms. The van der Waals surface area contributed by atoms with Crippen LogP contribution in [0, 0.1) is 13.8 Å². The van der Waals surface area contributed by atoms with Crippen LogP contribution in [-0.2, 0) is 10.0 Å².